The average molecular weight is 335 g/mol. The van der Waals surface area contributed by atoms with Gasteiger partial charge in [-0.15, -0.1) is 0 Å². The molecule has 1 aromatic rings. The molecule has 2 atom stereocenters. The number of rotatable bonds is 4. The van der Waals surface area contributed by atoms with Crippen molar-refractivity contribution in [2.75, 3.05) is 39.9 Å². The van der Waals surface area contributed by atoms with Crippen molar-refractivity contribution in [3.05, 3.63) is 11.6 Å². The largest absolute Gasteiger partial charge is 0.375 e. The van der Waals surface area contributed by atoms with Gasteiger partial charge in [0.05, 0.1) is 5.41 Å². The zero-order valence-corrected chi connectivity index (χ0v) is 14.5. The average Bonchev–Trinajstić information content (AvgIpc) is 3.17. The monoisotopic (exact) mass is 335 g/mol. The van der Waals surface area contributed by atoms with Gasteiger partial charge in [-0.2, -0.15) is 5.10 Å². The van der Waals surface area contributed by atoms with Gasteiger partial charge in [-0.05, 0) is 13.3 Å². The Morgan fingerprint density at radius 3 is 2.71 bits per heavy atom. The summed E-state index contributed by atoms with van der Waals surface area (Å²) in [6.45, 7) is 6.39. The SMILES string of the molecule is CCC(=O)N1C[C@H]2CN(C(=O)COC)CC[C@@]2(c2n[nH]c(C)n2)C1. The van der Waals surface area contributed by atoms with Crippen molar-refractivity contribution in [2.24, 2.45) is 5.92 Å². The van der Waals surface area contributed by atoms with Crippen LogP contribution in [0.5, 0.6) is 0 Å². The maximum Gasteiger partial charge on any atom is 0.248 e. The second-order valence-corrected chi connectivity index (χ2v) is 6.75. The fourth-order valence-electron chi connectivity index (χ4n) is 3.97. The highest BCUT2D eigenvalue weighted by Crippen LogP contribution is 2.44. The molecule has 0 aromatic carbocycles. The number of hydrogen-bond donors (Lipinski definition) is 1. The molecule has 2 aliphatic rings. The number of aromatic amines is 1. The van der Waals surface area contributed by atoms with Crippen molar-refractivity contribution in [3.63, 3.8) is 0 Å². The number of aryl methyl sites for hydroxylation is 1. The van der Waals surface area contributed by atoms with Gasteiger partial charge in [0.15, 0.2) is 5.82 Å². The van der Waals surface area contributed by atoms with Crippen molar-refractivity contribution in [2.45, 2.75) is 32.1 Å². The molecule has 3 rings (SSSR count). The molecule has 1 N–H and O–H groups in total. The first-order valence-corrected chi connectivity index (χ1v) is 8.44. The first kappa shape index (κ1) is 16.9. The van der Waals surface area contributed by atoms with Gasteiger partial charge in [-0.1, -0.05) is 6.92 Å². The van der Waals surface area contributed by atoms with Crippen molar-refractivity contribution in [1.29, 1.82) is 0 Å². The molecule has 3 heterocycles. The summed E-state index contributed by atoms with van der Waals surface area (Å²) in [5, 5.41) is 7.32. The molecule has 0 radical (unpaired) electrons. The van der Waals surface area contributed by atoms with Crippen LogP contribution in [0, 0.1) is 12.8 Å². The molecule has 132 valence electrons. The lowest BCUT2D eigenvalue weighted by Crippen LogP contribution is -2.52. The zero-order valence-electron chi connectivity index (χ0n) is 14.5. The van der Waals surface area contributed by atoms with Crippen molar-refractivity contribution >= 4 is 11.8 Å². The van der Waals surface area contributed by atoms with Gasteiger partial charge in [0.25, 0.3) is 0 Å². The molecule has 1 aromatic heterocycles. The minimum absolute atomic E-state index is 0.00228. The summed E-state index contributed by atoms with van der Waals surface area (Å²) in [6.07, 6.45) is 1.25. The Bertz CT molecular complexity index is 631. The zero-order chi connectivity index (χ0) is 17.3. The van der Waals surface area contributed by atoms with E-state index >= 15 is 0 Å². The van der Waals surface area contributed by atoms with Crippen molar-refractivity contribution < 1.29 is 14.3 Å². The van der Waals surface area contributed by atoms with Gasteiger partial charge >= 0.3 is 0 Å². The first-order valence-electron chi connectivity index (χ1n) is 8.44. The molecule has 0 saturated carbocycles. The standard InChI is InChI=1S/C16H25N5O3/c1-4-13(22)21-8-12-7-20(14(23)9-24-3)6-5-16(12,10-21)15-17-11(2)18-19-15/h12H,4-10H2,1-3H3,(H,17,18,19)/t12-,16-/m1/s1. The number of carbonyl (C=O) groups excluding carboxylic acids is 2. The lowest BCUT2D eigenvalue weighted by atomic mass is 9.72. The van der Waals surface area contributed by atoms with Crippen LogP contribution in [0.25, 0.3) is 0 Å². The molecule has 0 unspecified atom stereocenters. The van der Waals surface area contributed by atoms with Gasteiger partial charge in [0.1, 0.15) is 12.4 Å². The predicted molar refractivity (Wildman–Crippen MR) is 86.2 cm³/mol. The number of fused-ring (bicyclic) bond motifs is 1. The van der Waals surface area contributed by atoms with Gasteiger partial charge in [0.2, 0.25) is 11.8 Å². The second-order valence-electron chi connectivity index (χ2n) is 6.75. The van der Waals surface area contributed by atoms with E-state index in [1.165, 1.54) is 7.11 Å². The van der Waals surface area contributed by atoms with Crippen LogP contribution in [0.15, 0.2) is 0 Å². The maximum atomic E-state index is 12.2. The normalized spacial score (nSPS) is 26.5. The third-order valence-corrected chi connectivity index (χ3v) is 5.28. The molecule has 2 amide bonds. The number of nitrogens with one attached hydrogen (secondary N) is 1. The topological polar surface area (TPSA) is 91.4 Å². The predicted octanol–water partition coefficient (Wildman–Crippen LogP) is 0.0980. The van der Waals surface area contributed by atoms with E-state index in [9.17, 15) is 9.59 Å². The van der Waals surface area contributed by atoms with Crippen LogP contribution in [0.2, 0.25) is 0 Å². The third kappa shape index (κ3) is 2.79. The van der Waals surface area contributed by atoms with Crippen LogP contribution in [-0.4, -0.2) is 76.7 Å². The summed E-state index contributed by atoms with van der Waals surface area (Å²) in [6, 6.07) is 0. The lowest BCUT2D eigenvalue weighted by molar-refractivity contribution is -0.137. The fourth-order valence-corrected chi connectivity index (χ4v) is 3.97. The summed E-state index contributed by atoms with van der Waals surface area (Å²) < 4.78 is 4.97. The summed E-state index contributed by atoms with van der Waals surface area (Å²) in [4.78, 5) is 32.7. The molecule has 24 heavy (non-hydrogen) atoms. The van der Waals surface area contributed by atoms with E-state index in [0.29, 0.717) is 32.6 Å². The molecule has 0 bridgehead atoms. The molecule has 8 nitrogen and oxygen atoms in total. The number of H-pyrrole nitrogens is 1. The maximum absolute atomic E-state index is 12.2. The van der Waals surface area contributed by atoms with Crippen molar-refractivity contribution in [1.82, 2.24) is 25.0 Å². The van der Waals surface area contributed by atoms with Crippen LogP contribution in [0.1, 0.15) is 31.4 Å². The summed E-state index contributed by atoms with van der Waals surface area (Å²) >= 11 is 0. The molecule has 2 fully saturated rings. The molecular formula is C16H25N5O3. The number of methoxy groups -OCH3 is 1. The van der Waals surface area contributed by atoms with Crippen LogP contribution in [-0.2, 0) is 19.7 Å². The molecule has 2 aliphatic heterocycles. The highest BCUT2D eigenvalue weighted by atomic mass is 16.5. The van der Waals surface area contributed by atoms with E-state index in [4.69, 9.17) is 4.74 Å². The molecule has 0 spiro atoms. The molecule has 0 aliphatic carbocycles. The van der Waals surface area contributed by atoms with E-state index in [1.807, 2.05) is 23.6 Å². The van der Waals surface area contributed by atoms with Gasteiger partial charge in [-0.3, -0.25) is 14.7 Å². The number of hydrogen-bond acceptors (Lipinski definition) is 5. The minimum atomic E-state index is -0.264. The quantitative estimate of drug-likeness (QED) is 0.842. The number of carbonyl (C=O) groups is 2. The number of aromatic nitrogens is 3. The second kappa shape index (κ2) is 6.51. The number of likely N-dealkylation sites (tertiary alicyclic amines) is 2. The van der Waals surface area contributed by atoms with E-state index in [-0.39, 0.29) is 29.8 Å². The number of ether oxygens (including phenoxy) is 1. The summed E-state index contributed by atoms with van der Waals surface area (Å²) in [5.74, 6) is 1.84. The number of nitrogens with zero attached hydrogens (tertiary/aromatic N) is 4. The Morgan fingerprint density at radius 2 is 2.08 bits per heavy atom. The Kier molecular flexibility index (Phi) is 4.58. The fraction of sp³-hybridized carbons (Fsp3) is 0.750. The van der Waals surface area contributed by atoms with Gasteiger partial charge in [-0.25, -0.2) is 4.98 Å². The Balaban J connectivity index is 1.87. The first-order chi connectivity index (χ1) is 11.5. The number of amides is 2. The Hall–Kier alpha value is -1.96. The third-order valence-electron chi connectivity index (χ3n) is 5.28. The van der Waals surface area contributed by atoms with Gasteiger partial charge < -0.3 is 14.5 Å². The van der Waals surface area contributed by atoms with Crippen molar-refractivity contribution in [3.8, 4) is 0 Å². The summed E-state index contributed by atoms with van der Waals surface area (Å²) in [7, 11) is 1.53. The minimum Gasteiger partial charge on any atom is -0.375 e. The summed E-state index contributed by atoms with van der Waals surface area (Å²) in [5.41, 5.74) is -0.264. The van der Waals surface area contributed by atoms with Gasteiger partial charge in [0, 0.05) is 45.6 Å². The Morgan fingerprint density at radius 1 is 1.33 bits per heavy atom. The number of piperidine rings is 1. The van der Waals surface area contributed by atoms with Crippen LogP contribution in [0.4, 0.5) is 0 Å². The molecule has 8 heteroatoms. The molecule has 2 saturated heterocycles. The highest BCUT2D eigenvalue weighted by Gasteiger charge is 2.54. The van der Waals surface area contributed by atoms with Crippen LogP contribution < -0.4 is 0 Å². The lowest BCUT2D eigenvalue weighted by Gasteiger charge is -2.41. The Labute approximate surface area is 141 Å². The van der Waals surface area contributed by atoms with E-state index in [0.717, 1.165) is 18.1 Å². The van der Waals surface area contributed by atoms with E-state index in [2.05, 4.69) is 15.2 Å². The van der Waals surface area contributed by atoms with Crippen LogP contribution >= 0.6 is 0 Å². The molecular weight excluding hydrogens is 310 g/mol. The van der Waals surface area contributed by atoms with E-state index < -0.39 is 0 Å². The van der Waals surface area contributed by atoms with Crippen LogP contribution in [0.3, 0.4) is 0 Å². The smallest absolute Gasteiger partial charge is 0.248 e. The highest BCUT2D eigenvalue weighted by molar-refractivity contribution is 5.78. The van der Waals surface area contributed by atoms with E-state index in [1.54, 1.807) is 0 Å².